The molecule has 0 aromatic rings. The molecule has 0 amide bonds. The molecule has 1 aliphatic carbocycles. The smallest absolute Gasteiger partial charge is 0.0438 e. The lowest BCUT2D eigenvalue weighted by Crippen LogP contribution is -2.45. The third-order valence-corrected chi connectivity index (χ3v) is 2.72. The van der Waals surface area contributed by atoms with E-state index in [0.717, 1.165) is 31.6 Å². The zero-order valence-corrected chi connectivity index (χ0v) is 7.53. The van der Waals surface area contributed by atoms with Gasteiger partial charge in [0, 0.05) is 17.0 Å². The van der Waals surface area contributed by atoms with E-state index < -0.39 is 0 Å². The van der Waals surface area contributed by atoms with Gasteiger partial charge in [-0.05, 0) is 37.1 Å². The largest absolute Gasteiger partial charge is 0.325 e. The van der Waals surface area contributed by atoms with Crippen LogP contribution in [0.5, 0.6) is 0 Å². The lowest BCUT2D eigenvalue weighted by Gasteiger charge is -2.34. The van der Waals surface area contributed by atoms with Gasteiger partial charge in [0.05, 0.1) is 0 Å². The van der Waals surface area contributed by atoms with Gasteiger partial charge in [0.25, 0.3) is 0 Å². The van der Waals surface area contributed by atoms with Crippen molar-refractivity contribution in [2.75, 3.05) is 6.54 Å². The Kier molecular flexibility index (Phi) is 2.95. The fourth-order valence-corrected chi connectivity index (χ4v) is 1.67. The molecule has 12 heavy (non-hydrogen) atoms. The van der Waals surface area contributed by atoms with Crippen molar-refractivity contribution in [2.45, 2.75) is 38.1 Å². The molecule has 4 nitrogen and oxygen atoms in total. The van der Waals surface area contributed by atoms with Gasteiger partial charge in [-0.25, -0.2) is 0 Å². The molecule has 0 saturated heterocycles. The van der Waals surface area contributed by atoms with Crippen LogP contribution in [-0.2, 0) is 0 Å². The van der Waals surface area contributed by atoms with Gasteiger partial charge in [0.2, 0.25) is 0 Å². The SMILES string of the molecule is CC1CCC(N)(CN=[N+]=[N-])CC1. The first-order valence-electron chi connectivity index (χ1n) is 4.46. The van der Waals surface area contributed by atoms with Gasteiger partial charge in [-0.3, -0.25) is 0 Å². The van der Waals surface area contributed by atoms with Gasteiger partial charge in [-0.1, -0.05) is 12.0 Å². The Hall–Kier alpha value is -0.730. The maximum atomic E-state index is 8.17. The molecule has 1 aliphatic rings. The molecule has 1 saturated carbocycles. The summed E-state index contributed by atoms with van der Waals surface area (Å²) in [5, 5.41) is 3.55. The van der Waals surface area contributed by atoms with E-state index in [0.29, 0.717) is 6.54 Å². The molecule has 0 aromatic heterocycles. The molecule has 68 valence electrons. The zero-order valence-electron chi connectivity index (χ0n) is 7.53. The van der Waals surface area contributed by atoms with Crippen LogP contribution in [0.1, 0.15) is 32.6 Å². The highest BCUT2D eigenvalue weighted by Crippen LogP contribution is 2.30. The highest BCUT2D eigenvalue weighted by atomic mass is 15.1. The van der Waals surface area contributed by atoms with E-state index in [1.165, 1.54) is 0 Å². The molecular weight excluding hydrogens is 152 g/mol. The van der Waals surface area contributed by atoms with Crippen LogP contribution in [0.15, 0.2) is 5.11 Å². The van der Waals surface area contributed by atoms with Crippen molar-refractivity contribution in [3.8, 4) is 0 Å². The second kappa shape index (κ2) is 3.78. The lowest BCUT2D eigenvalue weighted by molar-refractivity contribution is 0.251. The van der Waals surface area contributed by atoms with Crippen LogP contribution >= 0.6 is 0 Å². The molecule has 0 heterocycles. The maximum absolute atomic E-state index is 8.17. The van der Waals surface area contributed by atoms with E-state index in [2.05, 4.69) is 16.9 Å². The maximum Gasteiger partial charge on any atom is 0.0438 e. The molecule has 1 rings (SSSR count). The Labute approximate surface area is 72.8 Å². The molecule has 2 N–H and O–H groups in total. The Morgan fingerprint density at radius 3 is 2.67 bits per heavy atom. The van der Waals surface area contributed by atoms with E-state index >= 15 is 0 Å². The second-order valence-electron chi connectivity index (χ2n) is 3.93. The number of azide groups is 1. The standard InChI is InChI=1S/C8H16N4/c1-7-2-4-8(9,5-3-7)6-11-12-10/h7H,2-6,9H2,1H3. The third kappa shape index (κ3) is 2.40. The summed E-state index contributed by atoms with van der Waals surface area (Å²) >= 11 is 0. The van der Waals surface area contributed by atoms with Crippen LogP contribution in [0, 0.1) is 5.92 Å². The summed E-state index contributed by atoms with van der Waals surface area (Å²) in [4.78, 5) is 2.74. The predicted octanol–water partition coefficient (Wildman–Crippen LogP) is 2.20. The second-order valence-corrected chi connectivity index (χ2v) is 3.93. The normalized spacial score (nSPS) is 35.7. The Balaban J connectivity index is 2.44. The average molecular weight is 168 g/mol. The van der Waals surface area contributed by atoms with Crippen molar-refractivity contribution < 1.29 is 0 Å². The predicted molar refractivity (Wildman–Crippen MR) is 48.6 cm³/mol. The van der Waals surface area contributed by atoms with Crippen LogP contribution in [-0.4, -0.2) is 12.1 Å². The minimum absolute atomic E-state index is 0.210. The van der Waals surface area contributed by atoms with Gasteiger partial charge in [0.1, 0.15) is 0 Å². The Bertz CT molecular complexity index is 187. The Morgan fingerprint density at radius 2 is 2.17 bits per heavy atom. The fourth-order valence-electron chi connectivity index (χ4n) is 1.67. The van der Waals surface area contributed by atoms with Gasteiger partial charge < -0.3 is 5.73 Å². The summed E-state index contributed by atoms with van der Waals surface area (Å²) < 4.78 is 0. The first kappa shape index (κ1) is 9.36. The average Bonchev–Trinajstić information content (AvgIpc) is 2.08. The summed E-state index contributed by atoms with van der Waals surface area (Å²) in [6.45, 7) is 2.70. The number of nitrogens with zero attached hydrogens (tertiary/aromatic N) is 3. The van der Waals surface area contributed by atoms with Crippen LogP contribution in [0.4, 0.5) is 0 Å². The molecule has 0 atom stereocenters. The van der Waals surface area contributed by atoms with Crippen molar-refractivity contribution in [3.63, 3.8) is 0 Å². The number of hydrogen-bond acceptors (Lipinski definition) is 2. The molecule has 0 radical (unpaired) electrons. The van der Waals surface area contributed by atoms with Crippen molar-refractivity contribution in [1.82, 2.24) is 0 Å². The van der Waals surface area contributed by atoms with Gasteiger partial charge in [-0.15, -0.1) is 0 Å². The molecule has 1 fully saturated rings. The van der Waals surface area contributed by atoms with Gasteiger partial charge in [0.15, 0.2) is 0 Å². The summed E-state index contributed by atoms with van der Waals surface area (Å²) in [7, 11) is 0. The third-order valence-electron chi connectivity index (χ3n) is 2.72. The number of rotatable bonds is 2. The van der Waals surface area contributed by atoms with Crippen molar-refractivity contribution in [2.24, 2.45) is 16.8 Å². The molecule has 0 unspecified atom stereocenters. The fraction of sp³-hybridized carbons (Fsp3) is 1.00. The number of nitrogens with two attached hydrogens (primary N) is 1. The highest BCUT2D eigenvalue weighted by Gasteiger charge is 2.29. The highest BCUT2D eigenvalue weighted by molar-refractivity contribution is 4.90. The van der Waals surface area contributed by atoms with Gasteiger partial charge in [-0.2, -0.15) is 0 Å². The Morgan fingerprint density at radius 1 is 1.58 bits per heavy atom. The monoisotopic (exact) mass is 168 g/mol. The lowest BCUT2D eigenvalue weighted by atomic mass is 9.78. The summed E-state index contributed by atoms with van der Waals surface area (Å²) in [6, 6.07) is 0. The van der Waals surface area contributed by atoms with Crippen molar-refractivity contribution in [3.05, 3.63) is 10.4 Å². The van der Waals surface area contributed by atoms with Crippen LogP contribution in [0.25, 0.3) is 10.4 Å². The molecule has 0 spiro atoms. The molecule has 0 bridgehead atoms. The van der Waals surface area contributed by atoms with E-state index in [1.54, 1.807) is 0 Å². The first-order valence-corrected chi connectivity index (χ1v) is 4.46. The number of hydrogen-bond donors (Lipinski definition) is 1. The minimum Gasteiger partial charge on any atom is -0.325 e. The quantitative estimate of drug-likeness (QED) is 0.383. The molecule has 4 heteroatoms. The molecule has 0 aromatic carbocycles. The van der Waals surface area contributed by atoms with Crippen LogP contribution < -0.4 is 5.73 Å². The van der Waals surface area contributed by atoms with Gasteiger partial charge >= 0.3 is 0 Å². The molecular formula is C8H16N4. The zero-order chi connectivity index (χ0) is 9.03. The van der Waals surface area contributed by atoms with Crippen LogP contribution in [0.2, 0.25) is 0 Å². The summed E-state index contributed by atoms with van der Waals surface area (Å²) in [5.41, 5.74) is 14.0. The summed E-state index contributed by atoms with van der Waals surface area (Å²) in [6.07, 6.45) is 4.31. The first-order chi connectivity index (χ1) is 5.66. The topological polar surface area (TPSA) is 74.8 Å². The van der Waals surface area contributed by atoms with E-state index in [4.69, 9.17) is 11.3 Å². The van der Waals surface area contributed by atoms with E-state index in [-0.39, 0.29) is 5.54 Å². The van der Waals surface area contributed by atoms with E-state index in [9.17, 15) is 0 Å². The summed E-state index contributed by atoms with van der Waals surface area (Å²) in [5.74, 6) is 0.785. The van der Waals surface area contributed by atoms with Crippen LogP contribution in [0.3, 0.4) is 0 Å². The van der Waals surface area contributed by atoms with E-state index in [1.807, 2.05) is 0 Å². The minimum atomic E-state index is -0.210. The molecule has 0 aliphatic heterocycles. The van der Waals surface area contributed by atoms with Crippen molar-refractivity contribution in [1.29, 1.82) is 0 Å². The van der Waals surface area contributed by atoms with Crippen molar-refractivity contribution >= 4 is 0 Å².